The van der Waals surface area contributed by atoms with Crippen molar-refractivity contribution in [1.29, 1.82) is 0 Å². The number of hydrogen-bond acceptors (Lipinski definition) is 3. The van der Waals surface area contributed by atoms with Crippen LogP contribution >= 0.6 is 11.6 Å². The van der Waals surface area contributed by atoms with Gasteiger partial charge in [-0.2, -0.15) is 0 Å². The van der Waals surface area contributed by atoms with Crippen molar-refractivity contribution in [3.63, 3.8) is 0 Å². The van der Waals surface area contributed by atoms with Gasteiger partial charge in [0, 0.05) is 30.7 Å². The van der Waals surface area contributed by atoms with Crippen molar-refractivity contribution in [3.05, 3.63) is 34.9 Å². The lowest BCUT2D eigenvalue weighted by Gasteiger charge is -2.38. The molecule has 2 rings (SSSR count). The van der Waals surface area contributed by atoms with E-state index >= 15 is 0 Å². The van der Waals surface area contributed by atoms with Gasteiger partial charge in [0.2, 0.25) is 0 Å². The Labute approximate surface area is 149 Å². The predicted molar refractivity (Wildman–Crippen MR) is 97.3 cm³/mol. The van der Waals surface area contributed by atoms with E-state index in [2.05, 4.69) is 17.1 Å². The average molecular weight is 354 g/mol. The van der Waals surface area contributed by atoms with Crippen LogP contribution < -0.4 is 5.32 Å². The summed E-state index contributed by atoms with van der Waals surface area (Å²) in [6, 6.07) is 7.70. The van der Waals surface area contributed by atoms with Crippen LogP contribution in [0.15, 0.2) is 24.3 Å². The van der Waals surface area contributed by atoms with Crippen molar-refractivity contribution >= 4 is 17.6 Å². The van der Waals surface area contributed by atoms with Crippen LogP contribution in [0.2, 0.25) is 5.02 Å². The molecule has 6 heteroatoms. The first-order valence-electron chi connectivity index (χ1n) is 8.49. The van der Waals surface area contributed by atoms with Gasteiger partial charge in [-0.3, -0.25) is 0 Å². The van der Waals surface area contributed by atoms with Crippen molar-refractivity contribution in [2.24, 2.45) is 0 Å². The number of likely N-dealkylation sites (tertiary alicyclic amines) is 1. The summed E-state index contributed by atoms with van der Waals surface area (Å²) in [4.78, 5) is 16.2. The molecule has 1 aliphatic heterocycles. The van der Waals surface area contributed by atoms with Crippen LogP contribution in [0.25, 0.3) is 0 Å². The van der Waals surface area contributed by atoms with Crippen LogP contribution in [-0.4, -0.2) is 60.7 Å². The summed E-state index contributed by atoms with van der Waals surface area (Å²) in [7, 11) is 4.07. The maximum Gasteiger partial charge on any atom is 0.317 e. The molecule has 0 bridgehead atoms. The number of aliphatic hydroxyl groups is 1. The van der Waals surface area contributed by atoms with Crippen LogP contribution in [0.4, 0.5) is 4.79 Å². The molecule has 1 aromatic rings. The number of carbonyl (C=O) groups is 1. The molecule has 1 fully saturated rings. The molecular weight excluding hydrogens is 326 g/mol. The van der Waals surface area contributed by atoms with Crippen LogP contribution in [0.5, 0.6) is 0 Å². The Kier molecular flexibility index (Phi) is 6.49. The van der Waals surface area contributed by atoms with E-state index < -0.39 is 5.60 Å². The van der Waals surface area contributed by atoms with Crippen LogP contribution in [-0.2, 0) is 5.60 Å². The van der Waals surface area contributed by atoms with E-state index in [-0.39, 0.29) is 6.03 Å². The molecule has 0 aromatic heterocycles. The second kappa shape index (κ2) is 8.19. The van der Waals surface area contributed by atoms with Crippen LogP contribution in [0.3, 0.4) is 0 Å². The van der Waals surface area contributed by atoms with Crippen molar-refractivity contribution < 1.29 is 9.90 Å². The normalized spacial score (nSPS) is 18.5. The average Bonchev–Trinajstić information content (AvgIpc) is 2.55. The Morgan fingerprint density at radius 2 is 1.92 bits per heavy atom. The molecule has 0 aliphatic carbocycles. The van der Waals surface area contributed by atoms with E-state index in [4.69, 9.17) is 11.6 Å². The highest BCUT2D eigenvalue weighted by Crippen LogP contribution is 2.33. The maximum absolute atomic E-state index is 12.2. The molecule has 2 N–H and O–H groups in total. The number of amides is 2. The Balaban J connectivity index is 1.81. The van der Waals surface area contributed by atoms with E-state index in [9.17, 15) is 9.90 Å². The standard InChI is InChI=1S/C18H28ClN3O2/c1-14(21(2)3)8-11-20-17(23)22-12-9-18(24,10-13-22)15-4-6-16(19)7-5-15/h4-7,14,24H,8-13H2,1-3H3,(H,20,23). The third-order valence-corrected chi connectivity index (χ3v) is 5.23. The Bertz CT molecular complexity index is 540. The zero-order chi connectivity index (χ0) is 17.7. The highest BCUT2D eigenvalue weighted by molar-refractivity contribution is 6.30. The molecule has 0 radical (unpaired) electrons. The molecule has 1 aromatic carbocycles. The molecule has 134 valence electrons. The fourth-order valence-corrected chi connectivity index (χ4v) is 3.01. The monoisotopic (exact) mass is 353 g/mol. The summed E-state index contributed by atoms with van der Waals surface area (Å²) in [5.41, 5.74) is -0.00682. The van der Waals surface area contributed by atoms with Crippen molar-refractivity contribution in [2.45, 2.75) is 37.8 Å². The van der Waals surface area contributed by atoms with E-state index in [0.717, 1.165) is 12.0 Å². The zero-order valence-corrected chi connectivity index (χ0v) is 15.5. The van der Waals surface area contributed by atoms with Gasteiger partial charge in [-0.1, -0.05) is 23.7 Å². The molecule has 2 amide bonds. The lowest BCUT2D eigenvalue weighted by atomic mass is 9.84. The third kappa shape index (κ3) is 4.85. The highest BCUT2D eigenvalue weighted by atomic mass is 35.5. The quantitative estimate of drug-likeness (QED) is 0.855. The summed E-state index contributed by atoms with van der Waals surface area (Å²) in [5.74, 6) is 0. The SMILES string of the molecule is CC(CCNC(=O)N1CCC(O)(c2ccc(Cl)cc2)CC1)N(C)C. The molecule has 24 heavy (non-hydrogen) atoms. The van der Waals surface area contributed by atoms with Crippen LogP contribution in [0, 0.1) is 0 Å². The van der Waals surface area contributed by atoms with Gasteiger partial charge < -0.3 is 20.2 Å². The fourth-order valence-electron chi connectivity index (χ4n) is 2.89. The zero-order valence-electron chi connectivity index (χ0n) is 14.8. The molecule has 1 aliphatic rings. The molecule has 1 heterocycles. The Morgan fingerprint density at radius 3 is 2.46 bits per heavy atom. The van der Waals surface area contributed by atoms with Gasteiger partial charge in [0.15, 0.2) is 0 Å². The number of halogens is 1. The molecule has 5 nitrogen and oxygen atoms in total. The largest absolute Gasteiger partial charge is 0.385 e. The van der Waals surface area contributed by atoms with E-state index in [1.807, 2.05) is 26.2 Å². The molecular formula is C18H28ClN3O2. The lowest BCUT2D eigenvalue weighted by molar-refractivity contribution is -0.0168. The van der Waals surface area contributed by atoms with E-state index in [0.29, 0.717) is 43.5 Å². The van der Waals surface area contributed by atoms with Gasteiger partial charge in [0.1, 0.15) is 0 Å². The molecule has 1 saturated heterocycles. The van der Waals surface area contributed by atoms with Gasteiger partial charge in [-0.05, 0) is 58.0 Å². The number of nitrogens with one attached hydrogen (secondary N) is 1. The van der Waals surface area contributed by atoms with Crippen molar-refractivity contribution in [2.75, 3.05) is 33.7 Å². The summed E-state index contributed by atoms with van der Waals surface area (Å²) in [5, 5.41) is 14.5. The molecule has 0 spiro atoms. The lowest BCUT2D eigenvalue weighted by Crippen LogP contribution is -2.49. The summed E-state index contributed by atoms with van der Waals surface area (Å²) >= 11 is 5.91. The number of urea groups is 1. The van der Waals surface area contributed by atoms with Gasteiger partial charge in [-0.15, -0.1) is 0 Å². The number of hydrogen-bond donors (Lipinski definition) is 2. The molecule has 1 unspecified atom stereocenters. The second-order valence-corrected chi connectivity index (χ2v) is 7.30. The Hall–Kier alpha value is -1.30. The summed E-state index contributed by atoms with van der Waals surface area (Å²) in [6.45, 7) is 3.90. The smallest absolute Gasteiger partial charge is 0.317 e. The minimum Gasteiger partial charge on any atom is -0.385 e. The molecule has 1 atom stereocenters. The fraction of sp³-hybridized carbons (Fsp3) is 0.611. The number of benzene rings is 1. The third-order valence-electron chi connectivity index (χ3n) is 4.98. The van der Waals surface area contributed by atoms with Crippen molar-refractivity contribution in [1.82, 2.24) is 15.1 Å². The first-order valence-corrected chi connectivity index (χ1v) is 8.87. The number of piperidine rings is 1. The maximum atomic E-state index is 12.2. The van der Waals surface area contributed by atoms with Crippen LogP contribution in [0.1, 0.15) is 31.7 Å². The Morgan fingerprint density at radius 1 is 1.33 bits per heavy atom. The van der Waals surface area contributed by atoms with Gasteiger partial charge >= 0.3 is 6.03 Å². The number of carbonyl (C=O) groups excluding carboxylic acids is 1. The predicted octanol–water partition coefficient (Wildman–Crippen LogP) is 2.67. The highest BCUT2D eigenvalue weighted by Gasteiger charge is 2.35. The second-order valence-electron chi connectivity index (χ2n) is 6.86. The first kappa shape index (κ1) is 19.0. The number of nitrogens with zero attached hydrogens (tertiary/aromatic N) is 2. The van der Waals surface area contributed by atoms with Gasteiger partial charge in [-0.25, -0.2) is 4.79 Å². The minimum atomic E-state index is -0.874. The van der Waals surface area contributed by atoms with E-state index in [1.54, 1.807) is 17.0 Å². The minimum absolute atomic E-state index is 0.0425. The number of rotatable bonds is 5. The summed E-state index contributed by atoms with van der Waals surface area (Å²) in [6.07, 6.45) is 1.99. The first-order chi connectivity index (χ1) is 11.3. The van der Waals surface area contributed by atoms with Gasteiger partial charge in [0.25, 0.3) is 0 Å². The topological polar surface area (TPSA) is 55.8 Å². The van der Waals surface area contributed by atoms with Crippen molar-refractivity contribution in [3.8, 4) is 0 Å². The molecule has 0 saturated carbocycles. The van der Waals surface area contributed by atoms with E-state index in [1.165, 1.54) is 0 Å². The summed E-state index contributed by atoms with van der Waals surface area (Å²) < 4.78 is 0. The van der Waals surface area contributed by atoms with Gasteiger partial charge in [0.05, 0.1) is 5.60 Å².